The van der Waals surface area contributed by atoms with Gasteiger partial charge in [-0.25, -0.2) is 0 Å². The Morgan fingerprint density at radius 2 is 1.83 bits per heavy atom. The number of nitrogens with zero attached hydrogens (tertiary/aromatic N) is 1. The molecule has 3 unspecified atom stereocenters. The highest BCUT2D eigenvalue weighted by Crippen LogP contribution is 2.31. The van der Waals surface area contributed by atoms with Gasteiger partial charge in [-0.15, -0.1) is 0 Å². The van der Waals surface area contributed by atoms with Gasteiger partial charge in [-0.2, -0.15) is 0 Å². The van der Waals surface area contributed by atoms with Crippen LogP contribution in [0.5, 0.6) is 0 Å². The maximum Gasteiger partial charge on any atom is 0.0348 e. The van der Waals surface area contributed by atoms with Gasteiger partial charge in [0.2, 0.25) is 0 Å². The van der Waals surface area contributed by atoms with Gasteiger partial charge in [0.05, 0.1) is 0 Å². The molecule has 2 aliphatic rings. The molecule has 0 saturated carbocycles. The Balaban J connectivity index is 1.76. The Kier molecular flexibility index (Phi) is 3.37. The van der Waals surface area contributed by atoms with Crippen LogP contribution in [0.4, 0.5) is 5.69 Å². The normalized spacial score (nSPS) is 30.5. The molecule has 2 saturated heterocycles. The molecule has 1 aromatic rings. The molecule has 18 heavy (non-hydrogen) atoms. The summed E-state index contributed by atoms with van der Waals surface area (Å²) in [4.78, 5) is 2.60. The zero-order valence-electron chi connectivity index (χ0n) is 11.2. The molecule has 3 heteroatoms. The highest BCUT2D eigenvalue weighted by atomic mass is 79.9. The molecule has 0 aromatic heterocycles. The van der Waals surface area contributed by atoms with Crippen molar-refractivity contribution in [1.82, 2.24) is 4.90 Å². The summed E-state index contributed by atoms with van der Waals surface area (Å²) in [5, 5.41) is 3.77. The first-order chi connectivity index (χ1) is 8.63. The molecule has 3 rings (SSSR count). The van der Waals surface area contributed by atoms with Crippen LogP contribution in [0.25, 0.3) is 0 Å². The summed E-state index contributed by atoms with van der Waals surface area (Å²) < 4.78 is 1.24. The van der Waals surface area contributed by atoms with E-state index in [2.05, 4.69) is 52.1 Å². The third-order valence-corrected chi connectivity index (χ3v) is 5.67. The van der Waals surface area contributed by atoms with Crippen molar-refractivity contribution in [2.75, 3.05) is 25.0 Å². The van der Waals surface area contributed by atoms with Crippen molar-refractivity contribution in [1.29, 1.82) is 0 Å². The third-order valence-electron chi connectivity index (χ3n) is 4.42. The summed E-state index contributed by atoms with van der Waals surface area (Å²) in [6, 6.07) is 5.19. The predicted molar refractivity (Wildman–Crippen MR) is 80.2 cm³/mol. The number of hydrogen-bond acceptors (Lipinski definition) is 2. The molecule has 3 atom stereocenters. The molecule has 0 spiro atoms. The van der Waals surface area contributed by atoms with E-state index < -0.39 is 0 Å². The number of benzene rings is 1. The Labute approximate surface area is 118 Å². The molecule has 2 aliphatic heterocycles. The van der Waals surface area contributed by atoms with Gasteiger partial charge in [0, 0.05) is 29.3 Å². The fourth-order valence-corrected chi connectivity index (χ4v) is 3.61. The first-order valence-corrected chi connectivity index (χ1v) is 7.68. The van der Waals surface area contributed by atoms with Crippen molar-refractivity contribution in [2.24, 2.45) is 5.92 Å². The number of fused-ring (bicyclic) bond motifs is 2. The Bertz CT molecular complexity index is 435. The fourth-order valence-electron chi connectivity index (χ4n) is 3.38. The van der Waals surface area contributed by atoms with Crippen molar-refractivity contribution < 1.29 is 0 Å². The minimum Gasteiger partial charge on any atom is -0.382 e. The molecule has 2 nitrogen and oxygen atoms in total. The van der Waals surface area contributed by atoms with E-state index in [1.807, 2.05) is 0 Å². The minimum atomic E-state index is 0.670. The molecule has 0 aliphatic carbocycles. The van der Waals surface area contributed by atoms with Crippen LogP contribution in [0, 0.1) is 19.8 Å². The zero-order chi connectivity index (χ0) is 12.7. The van der Waals surface area contributed by atoms with Gasteiger partial charge in [-0.1, -0.05) is 15.9 Å². The minimum absolute atomic E-state index is 0.670. The summed E-state index contributed by atoms with van der Waals surface area (Å²) >= 11 is 3.64. The van der Waals surface area contributed by atoms with Gasteiger partial charge < -0.3 is 10.2 Å². The van der Waals surface area contributed by atoms with Gasteiger partial charge in [0.15, 0.2) is 0 Å². The van der Waals surface area contributed by atoms with E-state index >= 15 is 0 Å². The first-order valence-electron chi connectivity index (χ1n) is 6.89. The zero-order valence-corrected chi connectivity index (χ0v) is 12.8. The maximum absolute atomic E-state index is 3.77. The highest BCUT2D eigenvalue weighted by Gasteiger charge is 2.34. The summed E-state index contributed by atoms with van der Waals surface area (Å²) in [5.41, 5.74) is 3.93. The van der Waals surface area contributed by atoms with Crippen LogP contribution in [0.2, 0.25) is 0 Å². The molecule has 1 aromatic carbocycles. The lowest BCUT2D eigenvalue weighted by molar-refractivity contribution is 0.255. The topological polar surface area (TPSA) is 15.3 Å². The molecule has 1 N–H and O–H groups in total. The summed E-state index contributed by atoms with van der Waals surface area (Å²) in [7, 11) is 0. The summed E-state index contributed by atoms with van der Waals surface area (Å²) in [6.45, 7) is 8.21. The number of halogens is 1. The number of piperidine rings is 1. The molecule has 2 fully saturated rings. The number of nitrogens with one attached hydrogen (secondary N) is 1. The fraction of sp³-hybridized carbons (Fsp3) is 0.600. The number of aryl methyl sites for hydroxylation is 2. The van der Waals surface area contributed by atoms with Crippen molar-refractivity contribution in [3.63, 3.8) is 0 Å². The summed E-state index contributed by atoms with van der Waals surface area (Å²) in [5.74, 6) is 0.850. The van der Waals surface area contributed by atoms with E-state index in [1.165, 1.54) is 53.8 Å². The molecule has 0 amide bonds. The van der Waals surface area contributed by atoms with Crippen LogP contribution >= 0.6 is 15.9 Å². The van der Waals surface area contributed by atoms with Crippen molar-refractivity contribution in [2.45, 2.75) is 32.7 Å². The Morgan fingerprint density at radius 1 is 1.17 bits per heavy atom. The van der Waals surface area contributed by atoms with Crippen molar-refractivity contribution in [3.8, 4) is 0 Å². The van der Waals surface area contributed by atoms with Gasteiger partial charge in [-0.3, -0.25) is 0 Å². The van der Waals surface area contributed by atoms with Crippen molar-refractivity contribution in [3.05, 3.63) is 27.7 Å². The predicted octanol–water partition coefficient (Wildman–Crippen LogP) is 3.57. The average Bonchev–Trinajstić information content (AvgIpc) is 2.73. The van der Waals surface area contributed by atoms with E-state index in [0.717, 1.165) is 5.92 Å². The van der Waals surface area contributed by atoms with Gasteiger partial charge in [-0.05, 0) is 62.4 Å². The SMILES string of the molecule is Cc1cc(NC2CCN3CCC2C3)cc(C)c1Br. The van der Waals surface area contributed by atoms with E-state index in [4.69, 9.17) is 0 Å². The average molecular weight is 309 g/mol. The second-order valence-corrected chi connectivity index (χ2v) is 6.61. The smallest absolute Gasteiger partial charge is 0.0348 e. The molecule has 2 heterocycles. The van der Waals surface area contributed by atoms with Crippen LogP contribution in [-0.4, -0.2) is 30.6 Å². The van der Waals surface area contributed by atoms with Crippen LogP contribution in [0.3, 0.4) is 0 Å². The third kappa shape index (κ3) is 2.30. The van der Waals surface area contributed by atoms with Crippen LogP contribution in [-0.2, 0) is 0 Å². The quantitative estimate of drug-likeness (QED) is 0.898. The number of anilines is 1. The molecule has 0 radical (unpaired) electrons. The van der Waals surface area contributed by atoms with Crippen LogP contribution in [0.1, 0.15) is 24.0 Å². The van der Waals surface area contributed by atoms with Crippen molar-refractivity contribution >= 4 is 21.6 Å². The maximum atomic E-state index is 3.77. The van der Waals surface area contributed by atoms with E-state index in [0.29, 0.717) is 6.04 Å². The molecular formula is C15H21BrN2. The lowest BCUT2D eigenvalue weighted by Gasteiger charge is -2.32. The number of hydrogen-bond donors (Lipinski definition) is 1. The summed E-state index contributed by atoms with van der Waals surface area (Å²) in [6.07, 6.45) is 2.66. The van der Waals surface area contributed by atoms with E-state index in [1.54, 1.807) is 0 Å². The van der Waals surface area contributed by atoms with Gasteiger partial charge in [0.25, 0.3) is 0 Å². The van der Waals surface area contributed by atoms with Gasteiger partial charge >= 0.3 is 0 Å². The number of rotatable bonds is 2. The monoisotopic (exact) mass is 308 g/mol. The molecule has 98 valence electrons. The second-order valence-electron chi connectivity index (χ2n) is 5.81. The largest absolute Gasteiger partial charge is 0.382 e. The van der Waals surface area contributed by atoms with Gasteiger partial charge in [0.1, 0.15) is 0 Å². The van der Waals surface area contributed by atoms with E-state index in [9.17, 15) is 0 Å². The standard InChI is InChI=1S/C15H21BrN2/c1-10-7-13(8-11(2)15(10)16)17-14-4-6-18-5-3-12(14)9-18/h7-8,12,14,17H,3-6,9H2,1-2H3. The second kappa shape index (κ2) is 4.86. The first kappa shape index (κ1) is 12.5. The van der Waals surface area contributed by atoms with E-state index in [-0.39, 0.29) is 0 Å². The van der Waals surface area contributed by atoms with Crippen LogP contribution in [0.15, 0.2) is 16.6 Å². The van der Waals surface area contributed by atoms with Crippen LogP contribution < -0.4 is 5.32 Å². The Morgan fingerprint density at radius 3 is 2.56 bits per heavy atom. The highest BCUT2D eigenvalue weighted by molar-refractivity contribution is 9.10. The Hall–Kier alpha value is -0.540. The molecule has 2 bridgehead atoms. The molecular weight excluding hydrogens is 288 g/mol. The lowest BCUT2D eigenvalue weighted by atomic mass is 9.94. The lowest BCUT2D eigenvalue weighted by Crippen LogP contribution is -2.39.